The zero-order valence-electron chi connectivity index (χ0n) is 10.7. The second-order valence-corrected chi connectivity index (χ2v) is 6.05. The second kappa shape index (κ2) is 5.87. The standard InChI is InChI=1S/C13H16N2O2S/c1-4-5-10-7-6-9(8-14)11(15-10)18-13(2,3)12(16)17/h6-7H,4-5H2,1-3H3,(H,16,17). The third-order valence-electron chi connectivity index (χ3n) is 2.41. The molecule has 0 saturated carbocycles. The van der Waals surface area contributed by atoms with Crippen LogP contribution >= 0.6 is 11.8 Å². The van der Waals surface area contributed by atoms with Gasteiger partial charge < -0.3 is 5.11 Å². The fraction of sp³-hybridized carbons (Fsp3) is 0.462. The average Bonchev–Trinajstić information content (AvgIpc) is 2.29. The van der Waals surface area contributed by atoms with Crippen LogP contribution in [0.3, 0.4) is 0 Å². The van der Waals surface area contributed by atoms with Crippen LogP contribution in [0.25, 0.3) is 0 Å². The van der Waals surface area contributed by atoms with Gasteiger partial charge in [-0.15, -0.1) is 0 Å². The van der Waals surface area contributed by atoms with Crippen molar-refractivity contribution in [2.45, 2.75) is 43.4 Å². The van der Waals surface area contributed by atoms with Crippen LogP contribution in [0.5, 0.6) is 0 Å². The molecule has 1 N–H and O–H groups in total. The summed E-state index contributed by atoms with van der Waals surface area (Å²) in [5.41, 5.74) is 1.31. The number of thioether (sulfide) groups is 1. The lowest BCUT2D eigenvalue weighted by atomic mass is 10.2. The van der Waals surface area contributed by atoms with Gasteiger partial charge in [0.05, 0.1) is 5.56 Å². The Labute approximate surface area is 111 Å². The van der Waals surface area contributed by atoms with Crippen molar-refractivity contribution in [3.8, 4) is 6.07 Å². The lowest BCUT2D eigenvalue weighted by Crippen LogP contribution is -2.27. The van der Waals surface area contributed by atoms with Gasteiger partial charge in [0, 0.05) is 5.69 Å². The summed E-state index contributed by atoms with van der Waals surface area (Å²) in [7, 11) is 0. The molecule has 18 heavy (non-hydrogen) atoms. The van der Waals surface area contributed by atoms with Gasteiger partial charge in [-0.2, -0.15) is 5.26 Å². The first-order chi connectivity index (χ1) is 8.40. The van der Waals surface area contributed by atoms with Crippen LogP contribution in [0.15, 0.2) is 17.2 Å². The Morgan fingerprint density at radius 3 is 2.72 bits per heavy atom. The van der Waals surface area contributed by atoms with Gasteiger partial charge in [-0.3, -0.25) is 4.79 Å². The Balaban J connectivity index is 3.09. The van der Waals surface area contributed by atoms with Crippen molar-refractivity contribution in [1.29, 1.82) is 5.26 Å². The number of carboxylic acids is 1. The second-order valence-electron chi connectivity index (χ2n) is 4.43. The van der Waals surface area contributed by atoms with E-state index < -0.39 is 10.7 Å². The van der Waals surface area contributed by atoms with Gasteiger partial charge in [-0.05, 0) is 32.4 Å². The number of carboxylic acid groups (broad SMARTS) is 1. The lowest BCUT2D eigenvalue weighted by molar-refractivity contribution is -0.138. The highest BCUT2D eigenvalue weighted by atomic mass is 32.2. The quantitative estimate of drug-likeness (QED) is 0.828. The first-order valence-corrected chi connectivity index (χ1v) is 6.54. The summed E-state index contributed by atoms with van der Waals surface area (Å²) in [6.45, 7) is 5.26. The van der Waals surface area contributed by atoms with Gasteiger partial charge in [0.25, 0.3) is 0 Å². The van der Waals surface area contributed by atoms with E-state index >= 15 is 0 Å². The molecule has 0 spiro atoms. The first-order valence-electron chi connectivity index (χ1n) is 5.73. The van der Waals surface area contributed by atoms with Crippen LogP contribution < -0.4 is 0 Å². The van der Waals surface area contributed by atoms with E-state index in [4.69, 9.17) is 10.4 Å². The highest BCUT2D eigenvalue weighted by Crippen LogP contribution is 2.33. The number of nitrogens with zero attached hydrogens (tertiary/aromatic N) is 2. The van der Waals surface area contributed by atoms with Crippen LogP contribution in [0.4, 0.5) is 0 Å². The molecule has 0 aliphatic rings. The number of aryl methyl sites for hydroxylation is 1. The normalized spacial score (nSPS) is 11.0. The van der Waals surface area contributed by atoms with Crippen LogP contribution in [-0.4, -0.2) is 20.8 Å². The van der Waals surface area contributed by atoms with E-state index in [0.29, 0.717) is 10.6 Å². The van der Waals surface area contributed by atoms with E-state index in [1.165, 1.54) is 0 Å². The maximum Gasteiger partial charge on any atom is 0.319 e. The molecule has 1 rings (SSSR count). The molecule has 1 aromatic rings. The molecule has 0 radical (unpaired) electrons. The summed E-state index contributed by atoms with van der Waals surface area (Å²) in [5.74, 6) is -0.918. The summed E-state index contributed by atoms with van der Waals surface area (Å²) < 4.78 is -0.997. The molecule has 1 heterocycles. The largest absolute Gasteiger partial charge is 0.480 e. The number of hydrogen-bond donors (Lipinski definition) is 1. The SMILES string of the molecule is CCCc1ccc(C#N)c(SC(C)(C)C(=O)O)n1. The molecule has 0 bridgehead atoms. The minimum atomic E-state index is -0.997. The van der Waals surface area contributed by atoms with Crippen molar-refractivity contribution in [2.24, 2.45) is 0 Å². The van der Waals surface area contributed by atoms with Gasteiger partial charge in [0.1, 0.15) is 15.8 Å². The van der Waals surface area contributed by atoms with E-state index in [0.717, 1.165) is 30.3 Å². The zero-order valence-corrected chi connectivity index (χ0v) is 11.5. The molecule has 0 aromatic carbocycles. The van der Waals surface area contributed by atoms with Crippen molar-refractivity contribution in [3.63, 3.8) is 0 Å². The van der Waals surface area contributed by atoms with Gasteiger partial charge in [0.2, 0.25) is 0 Å². The number of aromatic nitrogens is 1. The number of rotatable bonds is 5. The van der Waals surface area contributed by atoms with Crippen molar-refractivity contribution in [3.05, 3.63) is 23.4 Å². The third-order valence-corrected chi connectivity index (χ3v) is 3.60. The minimum Gasteiger partial charge on any atom is -0.480 e. The fourth-order valence-corrected chi connectivity index (χ4v) is 2.28. The smallest absolute Gasteiger partial charge is 0.319 e. The average molecular weight is 264 g/mol. The molecule has 4 nitrogen and oxygen atoms in total. The maximum atomic E-state index is 11.1. The number of nitriles is 1. The van der Waals surface area contributed by atoms with E-state index in [1.54, 1.807) is 19.9 Å². The first kappa shape index (κ1) is 14.5. The van der Waals surface area contributed by atoms with E-state index in [-0.39, 0.29) is 0 Å². The Bertz CT molecular complexity index is 492. The molecule has 0 aliphatic heterocycles. The molecular formula is C13H16N2O2S. The van der Waals surface area contributed by atoms with Crippen LogP contribution in [-0.2, 0) is 11.2 Å². The van der Waals surface area contributed by atoms with Gasteiger partial charge >= 0.3 is 5.97 Å². The molecule has 0 aliphatic carbocycles. The monoisotopic (exact) mass is 264 g/mol. The highest BCUT2D eigenvalue weighted by molar-refractivity contribution is 8.01. The maximum absolute atomic E-state index is 11.1. The highest BCUT2D eigenvalue weighted by Gasteiger charge is 2.30. The van der Waals surface area contributed by atoms with Crippen LogP contribution in [0.2, 0.25) is 0 Å². The summed E-state index contributed by atoms with van der Waals surface area (Å²) in [6, 6.07) is 5.58. The predicted molar refractivity (Wildman–Crippen MR) is 70.5 cm³/mol. The van der Waals surface area contributed by atoms with Crippen molar-refractivity contribution < 1.29 is 9.90 Å². The van der Waals surface area contributed by atoms with Gasteiger partial charge in [-0.1, -0.05) is 25.1 Å². The molecule has 0 amide bonds. The third kappa shape index (κ3) is 3.47. The molecule has 0 unspecified atom stereocenters. The lowest BCUT2D eigenvalue weighted by Gasteiger charge is -2.18. The number of pyridine rings is 1. The topological polar surface area (TPSA) is 74.0 Å². The fourth-order valence-electron chi connectivity index (χ4n) is 1.32. The molecule has 96 valence electrons. The van der Waals surface area contributed by atoms with E-state index in [1.807, 2.05) is 13.0 Å². The number of hydrogen-bond acceptors (Lipinski definition) is 4. The summed E-state index contributed by atoms with van der Waals surface area (Å²) >= 11 is 1.11. The molecule has 5 heteroatoms. The van der Waals surface area contributed by atoms with Gasteiger partial charge in [0.15, 0.2) is 0 Å². The Kier molecular flexibility index (Phi) is 4.74. The number of carbonyl (C=O) groups is 1. The molecular weight excluding hydrogens is 248 g/mol. The Hall–Kier alpha value is -1.54. The minimum absolute atomic E-state index is 0.425. The van der Waals surface area contributed by atoms with Gasteiger partial charge in [-0.25, -0.2) is 4.98 Å². The summed E-state index contributed by atoms with van der Waals surface area (Å²) in [4.78, 5) is 15.5. The predicted octanol–water partition coefficient (Wildman–Crippen LogP) is 2.86. The zero-order chi connectivity index (χ0) is 13.8. The summed E-state index contributed by atoms with van der Waals surface area (Å²) in [6.07, 6.45) is 1.79. The molecule has 0 fully saturated rings. The molecule has 0 atom stereocenters. The van der Waals surface area contributed by atoms with Crippen molar-refractivity contribution in [1.82, 2.24) is 4.98 Å². The van der Waals surface area contributed by atoms with E-state index in [9.17, 15) is 4.79 Å². The van der Waals surface area contributed by atoms with Crippen LogP contribution in [0.1, 0.15) is 38.4 Å². The number of aliphatic carboxylic acids is 1. The molecule has 0 saturated heterocycles. The van der Waals surface area contributed by atoms with Crippen molar-refractivity contribution >= 4 is 17.7 Å². The molecule has 1 aromatic heterocycles. The van der Waals surface area contributed by atoms with Crippen LogP contribution in [0, 0.1) is 11.3 Å². The van der Waals surface area contributed by atoms with E-state index in [2.05, 4.69) is 11.1 Å². The Morgan fingerprint density at radius 2 is 2.22 bits per heavy atom. The van der Waals surface area contributed by atoms with Crippen molar-refractivity contribution in [2.75, 3.05) is 0 Å². The Morgan fingerprint density at radius 1 is 1.56 bits per heavy atom. The summed E-state index contributed by atoms with van der Waals surface area (Å²) in [5, 5.41) is 18.6.